The molecular formula is C31H34FN3O7. The quantitative estimate of drug-likeness (QED) is 0.332. The number of benzene rings is 3. The highest BCUT2D eigenvalue weighted by atomic mass is 19.1. The van der Waals surface area contributed by atoms with Gasteiger partial charge in [0.05, 0.1) is 25.1 Å². The molecule has 1 aliphatic heterocycles. The fraction of sp³-hybridized carbons (Fsp3) is 0.323. The van der Waals surface area contributed by atoms with Crippen molar-refractivity contribution >= 4 is 29.3 Å². The Hall–Kier alpha value is -4.80. The number of methoxy groups -OCH3 is 1. The number of nitrogens with zero attached hydrogens (tertiary/aromatic N) is 1. The van der Waals surface area contributed by atoms with E-state index in [2.05, 4.69) is 10.6 Å². The molecule has 0 atom stereocenters. The van der Waals surface area contributed by atoms with Crippen LogP contribution in [0.5, 0.6) is 17.2 Å². The molecule has 0 fully saturated rings. The maximum absolute atomic E-state index is 14.0. The number of anilines is 2. The predicted molar refractivity (Wildman–Crippen MR) is 156 cm³/mol. The Morgan fingerprint density at radius 3 is 2.50 bits per heavy atom. The number of carbonyl (C=O) groups is 3. The van der Waals surface area contributed by atoms with E-state index >= 15 is 0 Å². The van der Waals surface area contributed by atoms with Crippen molar-refractivity contribution in [3.05, 3.63) is 65.5 Å². The number of halogens is 1. The van der Waals surface area contributed by atoms with Gasteiger partial charge in [-0.05, 0) is 63.1 Å². The number of fused-ring (bicyclic) bond motifs is 1. The first-order valence-electron chi connectivity index (χ1n) is 13.4. The minimum absolute atomic E-state index is 0.0141. The lowest BCUT2D eigenvalue weighted by molar-refractivity contribution is -0.141. The minimum Gasteiger partial charge on any atom is -0.496 e. The molecule has 3 aromatic carbocycles. The first-order chi connectivity index (χ1) is 19.9. The van der Waals surface area contributed by atoms with Gasteiger partial charge < -0.3 is 34.5 Å². The van der Waals surface area contributed by atoms with Crippen LogP contribution in [0.15, 0.2) is 48.5 Å². The number of hydrogen-bond donors (Lipinski definition) is 2. The van der Waals surface area contributed by atoms with E-state index in [1.807, 2.05) is 19.1 Å². The number of rotatable bonds is 9. The fourth-order valence-electron chi connectivity index (χ4n) is 4.77. The Bertz CT molecular complexity index is 1520. The Kier molecular flexibility index (Phi) is 8.89. The van der Waals surface area contributed by atoms with E-state index in [4.69, 9.17) is 18.9 Å². The molecule has 0 saturated carbocycles. The molecule has 222 valence electrons. The van der Waals surface area contributed by atoms with E-state index in [9.17, 15) is 18.8 Å². The van der Waals surface area contributed by atoms with E-state index in [-0.39, 0.29) is 31.4 Å². The summed E-state index contributed by atoms with van der Waals surface area (Å²) >= 11 is 0. The summed E-state index contributed by atoms with van der Waals surface area (Å²) in [5.41, 5.74) is 3.27. The molecule has 2 amide bonds. The number of aryl methyl sites for hydroxylation is 1. The summed E-state index contributed by atoms with van der Waals surface area (Å²) in [5, 5.41) is 5.64. The molecule has 4 rings (SSSR count). The second-order valence-corrected chi connectivity index (χ2v) is 10.2. The van der Waals surface area contributed by atoms with Gasteiger partial charge in [-0.1, -0.05) is 12.1 Å². The van der Waals surface area contributed by atoms with Crippen LogP contribution in [0, 0.1) is 12.7 Å². The smallest absolute Gasteiger partial charge is 0.413 e. The van der Waals surface area contributed by atoms with Crippen LogP contribution >= 0.6 is 0 Å². The van der Waals surface area contributed by atoms with Crippen molar-refractivity contribution in [2.45, 2.75) is 39.8 Å². The molecule has 1 aliphatic rings. The number of ether oxygens (including phenoxy) is 4. The number of hydrogen-bond acceptors (Lipinski definition) is 8. The van der Waals surface area contributed by atoms with Gasteiger partial charge in [-0.3, -0.25) is 9.59 Å². The molecule has 1 heterocycles. The zero-order chi connectivity index (χ0) is 30.6. The van der Waals surface area contributed by atoms with Crippen LogP contribution in [0.2, 0.25) is 0 Å². The van der Waals surface area contributed by atoms with E-state index in [0.717, 1.165) is 11.3 Å². The van der Waals surface area contributed by atoms with Crippen LogP contribution in [0.1, 0.15) is 31.9 Å². The van der Waals surface area contributed by atoms with E-state index in [0.29, 0.717) is 33.9 Å². The van der Waals surface area contributed by atoms with E-state index < -0.39 is 23.4 Å². The van der Waals surface area contributed by atoms with Crippen molar-refractivity contribution in [3.8, 4) is 28.4 Å². The lowest BCUT2D eigenvalue weighted by Gasteiger charge is -2.39. The van der Waals surface area contributed by atoms with Gasteiger partial charge in [0.2, 0.25) is 0 Å². The van der Waals surface area contributed by atoms with Crippen LogP contribution in [-0.2, 0) is 20.9 Å². The van der Waals surface area contributed by atoms with Crippen LogP contribution in [0.3, 0.4) is 0 Å². The van der Waals surface area contributed by atoms with Crippen molar-refractivity contribution in [2.75, 3.05) is 37.5 Å². The van der Waals surface area contributed by atoms with E-state index in [1.165, 1.54) is 25.3 Å². The zero-order valence-corrected chi connectivity index (χ0v) is 24.4. The molecule has 10 nitrogen and oxygen atoms in total. The van der Waals surface area contributed by atoms with Gasteiger partial charge in [0.15, 0.2) is 0 Å². The average Bonchev–Trinajstić information content (AvgIpc) is 2.95. The molecular weight excluding hydrogens is 545 g/mol. The van der Waals surface area contributed by atoms with Gasteiger partial charge in [-0.25, -0.2) is 9.18 Å². The number of likely N-dealkylation sites (N-methyl/N-ethyl adjacent to an activating group) is 1. The lowest BCUT2D eigenvalue weighted by Crippen LogP contribution is -2.52. The van der Waals surface area contributed by atoms with Crippen molar-refractivity contribution in [3.63, 3.8) is 0 Å². The second-order valence-electron chi connectivity index (χ2n) is 10.2. The van der Waals surface area contributed by atoms with Gasteiger partial charge in [0.25, 0.3) is 5.91 Å². The summed E-state index contributed by atoms with van der Waals surface area (Å²) in [5.74, 6) is -0.212. The summed E-state index contributed by atoms with van der Waals surface area (Å²) < 4.78 is 35.9. The average molecular weight is 580 g/mol. The molecule has 2 N–H and O–H groups in total. The summed E-state index contributed by atoms with van der Waals surface area (Å²) in [6.45, 7) is 6.98. The molecule has 0 aromatic heterocycles. The number of nitrogens with one attached hydrogen (secondary N) is 2. The summed E-state index contributed by atoms with van der Waals surface area (Å²) in [6, 6.07) is 12.9. The van der Waals surface area contributed by atoms with Gasteiger partial charge in [0, 0.05) is 30.3 Å². The molecule has 0 spiro atoms. The van der Waals surface area contributed by atoms with Crippen LogP contribution in [0.4, 0.5) is 20.6 Å². The Morgan fingerprint density at radius 1 is 1.05 bits per heavy atom. The molecule has 42 heavy (non-hydrogen) atoms. The molecule has 0 unspecified atom stereocenters. The largest absolute Gasteiger partial charge is 0.496 e. The van der Waals surface area contributed by atoms with Crippen LogP contribution in [0.25, 0.3) is 11.1 Å². The summed E-state index contributed by atoms with van der Waals surface area (Å²) in [6.07, 6.45) is -0.833. The Labute approximate surface area is 243 Å². The SMILES string of the molecule is CCOC(=O)CNC(=O)Oc1ccc(-c2ccc3c(c2COc2cc(F)ccc2C)N(C)C(=O)C(C)(C)N3)c(OC)c1. The van der Waals surface area contributed by atoms with Crippen LogP contribution in [-0.4, -0.2) is 50.8 Å². The van der Waals surface area contributed by atoms with Gasteiger partial charge in [0.1, 0.15) is 41.8 Å². The van der Waals surface area contributed by atoms with Gasteiger partial charge >= 0.3 is 12.1 Å². The van der Waals surface area contributed by atoms with Crippen molar-refractivity contribution in [1.82, 2.24) is 5.32 Å². The molecule has 0 bridgehead atoms. The third kappa shape index (κ3) is 6.40. The molecule has 0 radical (unpaired) electrons. The Balaban J connectivity index is 1.72. The number of amides is 2. The molecule has 3 aromatic rings. The number of carbonyl (C=O) groups excluding carboxylic acids is 3. The van der Waals surface area contributed by atoms with Crippen LogP contribution < -0.4 is 29.7 Å². The number of esters is 1. The molecule has 11 heteroatoms. The van der Waals surface area contributed by atoms with E-state index in [1.54, 1.807) is 50.9 Å². The molecule has 0 saturated heterocycles. The topological polar surface area (TPSA) is 115 Å². The monoisotopic (exact) mass is 579 g/mol. The first kappa shape index (κ1) is 30.2. The minimum atomic E-state index is -0.833. The zero-order valence-electron chi connectivity index (χ0n) is 24.4. The fourth-order valence-corrected chi connectivity index (χ4v) is 4.77. The second kappa shape index (κ2) is 12.4. The highest BCUT2D eigenvalue weighted by molar-refractivity contribution is 6.08. The third-order valence-corrected chi connectivity index (χ3v) is 6.78. The summed E-state index contributed by atoms with van der Waals surface area (Å²) in [4.78, 5) is 38.6. The highest BCUT2D eigenvalue weighted by Gasteiger charge is 2.38. The highest BCUT2D eigenvalue weighted by Crippen LogP contribution is 2.45. The Morgan fingerprint density at radius 2 is 1.79 bits per heavy atom. The molecule has 0 aliphatic carbocycles. The lowest BCUT2D eigenvalue weighted by atomic mass is 9.91. The standard InChI is InChI=1S/C31H34FN3O7/c1-7-40-27(36)16-33-30(38)42-20-10-11-22(26(15-20)39-6)21-12-13-24-28(35(5)29(37)31(3,4)34-24)23(21)17-41-25-14-19(32)9-8-18(25)2/h8-15,34H,7,16-17H2,1-6H3,(H,33,38). The normalized spacial score (nSPS) is 13.5. The van der Waals surface area contributed by atoms with Gasteiger partial charge in [-0.15, -0.1) is 0 Å². The first-order valence-corrected chi connectivity index (χ1v) is 13.4. The van der Waals surface area contributed by atoms with Crippen molar-refractivity contribution < 1.29 is 37.7 Å². The maximum atomic E-state index is 14.0. The van der Waals surface area contributed by atoms with Gasteiger partial charge in [-0.2, -0.15) is 0 Å². The third-order valence-electron chi connectivity index (χ3n) is 6.78. The maximum Gasteiger partial charge on any atom is 0.413 e. The van der Waals surface area contributed by atoms with Crippen molar-refractivity contribution in [1.29, 1.82) is 0 Å². The van der Waals surface area contributed by atoms with Crippen molar-refractivity contribution in [2.24, 2.45) is 0 Å². The predicted octanol–water partition coefficient (Wildman–Crippen LogP) is 5.21. The summed E-state index contributed by atoms with van der Waals surface area (Å²) in [7, 11) is 3.18.